The summed E-state index contributed by atoms with van der Waals surface area (Å²) in [5, 5.41) is 2.84. The first-order chi connectivity index (χ1) is 14.0. The number of carbonyl (C=O) groups is 2. The first-order valence-electron chi connectivity index (χ1n) is 9.43. The van der Waals surface area contributed by atoms with E-state index in [1.807, 2.05) is 36.4 Å². The van der Waals surface area contributed by atoms with Gasteiger partial charge in [-0.3, -0.25) is 9.59 Å². The predicted molar refractivity (Wildman–Crippen MR) is 111 cm³/mol. The molecule has 0 saturated heterocycles. The summed E-state index contributed by atoms with van der Waals surface area (Å²) in [6.07, 6.45) is 0.347. The van der Waals surface area contributed by atoms with Gasteiger partial charge in [0.2, 0.25) is 5.91 Å². The van der Waals surface area contributed by atoms with Crippen molar-refractivity contribution in [3.8, 4) is 0 Å². The van der Waals surface area contributed by atoms with E-state index in [4.69, 9.17) is 0 Å². The fourth-order valence-corrected chi connectivity index (χ4v) is 3.11. The summed E-state index contributed by atoms with van der Waals surface area (Å²) in [5.74, 6) is -0.958. The number of benzene rings is 3. The van der Waals surface area contributed by atoms with Crippen LogP contribution in [0.5, 0.6) is 0 Å². The fraction of sp³-hybridized carbons (Fsp3) is 0.167. The second kappa shape index (κ2) is 9.64. The number of rotatable bonds is 7. The molecule has 0 heterocycles. The van der Waals surface area contributed by atoms with Crippen LogP contribution in [0, 0.1) is 5.82 Å². The zero-order valence-electron chi connectivity index (χ0n) is 16.2. The van der Waals surface area contributed by atoms with Crippen LogP contribution < -0.4 is 5.32 Å². The minimum Gasteiger partial charge on any atom is -0.340 e. The zero-order chi connectivity index (χ0) is 20.6. The van der Waals surface area contributed by atoms with E-state index >= 15 is 0 Å². The number of likely N-dealkylation sites (N-methyl/N-ethyl adjacent to an activating group) is 1. The highest BCUT2D eigenvalue weighted by molar-refractivity contribution is 5.97. The summed E-state index contributed by atoms with van der Waals surface area (Å²) in [5.41, 5.74) is 1.84. The molecule has 0 aliphatic carbocycles. The van der Waals surface area contributed by atoms with E-state index in [0.717, 1.165) is 5.56 Å². The van der Waals surface area contributed by atoms with Gasteiger partial charge in [0, 0.05) is 31.1 Å². The molecule has 0 aromatic heterocycles. The van der Waals surface area contributed by atoms with Crippen LogP contribution in [0.25, 0.3) is 0 Å². The van der Waals surface area contributed by atoms with Gasteiger partial charge in [-0.05, 0) is 23.8 Å². The van der Waals surface area contributed by atoms with Crippen LogP contribution in [0.4, 0.5) is 4.39 Å². The molecule has 3 aromatic rings. The van der Waals surface area contributed by atoms with Gasteiger partial charge in [-0.2, -0.15) is 0 Å². The lowest BCUT2D eigenvalue weighted by Crippen LogP contribution is -2.48. The monoisotopic (exact) mass is 390 g/mol. The summed E-state index contributed by atoms with van der Waals surface area (Å²) in [6, 6.07) is 23.8. The first kappa shape index (κ1) is 20.3. The van der Waals surface area contributed by atoms with Crippen molar-refractivity contribution in [2.45, 2.75) is 19.0 Å². The number of halogens is 1. The standard InChI is InChI=1S/C24H23FN2O2/c1-27(17-20-14-8-9-15-21(20)25)24(29)22(16-18-10-4-2-5-11-18)26-23(28)19-12-6-3-7-13-19/h2-15,22H,16-17H2,1H3,(H,26,28)/t22-/m0/s1. The number of nitrogens with one attached hydrogen (secondary N) is 1. The number of carbonyl (C=O) groups excluding carboxylic acids is 2. The highest BCUT2D eigenvalue weighted by atomic mass is 19.1. The van der Waals surface area contributed by atoms with E-state index in [0.29, 0.717) is 17.5 Å². The summed E-state index contributed by atoms with van der Waals surface area (Å²) in [7, 11) is 1.61. The summed E-state index contributed by atoms with van der Waals surface area (Å²) < 4.78 is 14.0. The SMILES string of the molecule is CN(Cc1ccccc1F)C(=O)[C@H](Cc1ccccc1)NC(=O)c1ccccc1. The van der Waals surface area contributed by atoms with Gasteiger partial charge >= 0.3 is 0 Å². The molecule has 29 heavy (non-hydrogen) atoms. The Morgan fingerprint density at radius 1 is 0.897 bits per heavy atom. The van der Waals surface area contributed by atoms with E-state index in [1.165, 1.54) is 11.0 Å². The minimum atomic E-state index is -0.762. The minimum absolute atomic E-state index is 0.123. The second-order valence-corrected chi connectivity index (χ2v) is 6.87. The third-order valence-corrected chi connectivity index (χ3v) is 4.66. The van der Waals surface area contributed by atoms with Gasteiger partial charge in [0.25, 0.3) is 5.91 Å². The van der Waals surface area contributed by atoms with Crippen LogP contribution in [0.2, 0.25) is 0 Å². The molecule has 0 aliphatic rings. The number of hydrogen-bond donors (Lipinski definition) is 1. The van der Waals surface area contributed by atoms with Gasteiger partial charge < -0.3 is 10.2 Å². The molecule has 0 spiro atoms. The largest absolute Gasteiger partial charge is 0.340 e. The van der Waals surface area contributed by atoms with Crippen molar-refractivity contribution in [1.82, 2.24) is 10.2 Å². The molecule has 1 atom stereocenters. The quantitative estimate of drug-likeness (QED) is 0.667. The Labute approximate surface area is 170 Å². The lowest BCUT2D eigenvalue weighted by molar-refractivity contribution is -0.132. The van der Waals surface area contributed by atoms with E-state index < -0.39 is 6.04 Å². The lowest BCUT2D eigenvalue weighted by Gasteiger charge is -2.25. The van der Waals surface area contributed by atoms with Crippen molar-refractivity contribution < 1.29 is 14.0 Å². The van der Waals surface area contributed by atoms with Gasteiger partial charge in [0.15, 0.2) is 0 Å². The molecular weight excluding hydrogens is 367 g/mol. The van der Waals surface area contributed by atoms with Crippen molar-refractivity contribution in [1.29, 1.82) is 0 Å². The summed E-state index contributed by atoms with van der Waals surface area (Å²) >= 11 is 0. The van der Waals surface area contributed by atoms with E-state index in [1.54, 1.807) is 49.5 Å². The van der Waals surface area contributed by atoms with Crippen LogP contribution in [0.1, 0.15) is 21.5 Å². The summed E-state index contributed by atoms with van der Waals surface area (Å²) in [4.78, 5) is 27.2. The lowest BCUT2D eigenvalue weighted by atomic mass is 10.0. The fourth-order valence-electron chi connectivity index (χ4n) is 3.11. The third kappa shape index (κ3) is 5.51. The van der Waals surface area contributed by atoms with Crippen molar-refractivity contribution in [3.05, 3.63) is 107 Å². The maximum atomic E-state index is 14.0. The Morgan fingerprint density at radius 2 is 1.48 bits per heavy atom. The molecule has 0 aliphatic heterocycles. The Hall–Kier alpha value is -3.47. The Morgan fingerprint density at radius 3 is 2.14 bits per heavy atom. The third-order valence-electron chi connectivity index (χ3n) is 4.66. The van der Waals surface area contributed by atoms with Crippen molar-refractivity contribution in [2.24, 2.45) is 0 Å². The molecule has 5 heteroatoms. The molecular formula is C24H23FN2O2. The van der Waals surface area contributed by atoms with Gasteiger partial charge in [-0.1, -0.05) is 66.7 Å². The molecule has 3 aromatic carbocycles. The van der Waals surface area contributed by atoms with Crippen LogP contribution in [0.3, 0.4) is 0 Å². The average molecular weight is 390 g/mol. The van der Waals surface area contributed by atoms with Crippen molar-refractivity contribution in [3.63, 3.8) is 0 Å². The molecule has 3 rings (SSSR count). The van der Waals surface area contributed by atoms with Crippen molar-refractivity contribution >= 4 is 11.8 Å². The van der Waals surface area contributed by atoms with E-state index in [9.17, 15) is 14.0 Å². The van der Waals surface area contributed by atoms with E-state index in [-0.39, 0.29) is 24.2 Å². The average Bonchev–Trinajstić information content (AvgIpc) is 2.75. The molecule has 0 radical (unpaired) electrons. The van der Waals surface area contributed by atoms with Crippen LogP contribution in [-0.4, -0.2) is 29.8 Å². The van der Waals surface area contributed by atoms with Gasteiger partial charge in [-0.25, -0.2) is 4.39 Å². The predicted octanol–water partition coefficient (Wildman–Crippen LogP) is 3.83. The molecule has 0 bridgehead atoms. The molecule has 4 nitrogen and oxygen atoms in total. The smallest absolute Gasteiger partial charge is 0.251 e. The molecule has 2 amide bonds. The van der Waals surface area contributed by atoms with Gasteiger partial charge in [0.1, 0.15) is 11.9 Å². The molecule has 0 saturated carbocycles. The van der Waals surface area contributed by atoms with Crippen molar-refractivity contribution in [2.75, 3.05) is 7.05 Å². The molecule has 0 unspecified atom stereocenters. The summed E-state index contributed by atoms with van der Waals surface area (Å²) in [6.45, 7) is 0.123. The van der Waals surface area contributed by atoms with Gasteiger partial charge in [-0.15, -0.1) is 0 Å². The highest BCUT2D eigenvalue weighted by Crippen LogP contribution is 2.12. The first-order valence-corrected chi connectivity index (χ1v) is 9.43. The number of nitrogens with zero attached hydrogens (tertiary/aromatic N) is 1. The Kier molecular flexibility index (Phi) is 6.74. The molecule has 148 valence electrons. The maximum Gasteiger partial charge on any atom is 0.251 e. The Bertz CT molecular complexity index is 961. The Balaban J connectivity index is 1.78. The van der Waals surface area contributed by atoms with Crippen LogP contribution >= 0.6 is 0 Å². The highest BCUT2D eigenvalue weighted by Gasteiger charge is 2.25. The van der Waals surface area contributed by atoms with Gasteiger partial charge in [0.05, 0.1) is 0 Å². The number of hydrogen-bond acceptors (Lipinski definition) is 2. The van der Waals surface area contributed by atoms with Crippen LogP contribution in [0.15, 0.2) is 84.9 Å². The topological polar surface area (TPSA) is 49.4 Å². The van der Waals surface area contributed by atoms with E-state index in [2.05, 4.69) is 5.32 Å². The number of amides is 2. The molecule has 0 fully saturated rings. The molecule has 1 N–H and O–H groups in total. The van der Waals surface area contributed by atoms with Crippen LogP contribution in [-0.2, 0) is 17.8 Å². The maximum absolute atomic E-state index is 14.0. The normalized spacial score (nSPS) is 11.5. The zero-order valence-corrected chi connectivity index (χ0v) is 16.2. The second-order valence-electron chi connectivity index (χ2n) is 6.87.